The highest BCUT2D eigenvalue weighted by atomic mass is 16.7. The predicted molar refractivity (Wildman–Crippen MR) is 104 cm³/mol. The van der Waals surface area contributed by atoms with Gasteiger partial charge in [-0.15, -0.1) is 0 Å². The molecule has 8 nitrogen and oxygen atoms in total. The van der Waals surface area contributed by atoms with Crippen LogP contribution in [-0.4, -0.2) is 34.1 Å². The SMILES string of the molecule is O=C(NN=Cc1c[nH]c2ccccc12)c1cc(-c2ccc3c(c2)OCO3)n[nH]1. The van der Waals surface area contributed by atoms with Gasteiger partial charge in [-0.3, -0.25) is 9.89 Å². The number of hydrogen-bond acceptors (Lipinski definition) is 5. The molecule has 0 saturated heterocycles. The number of para-hydroxylation sites is 1. The molecule has 8 heteroatoms. The minimum absolute atomic E-state index is 0.210. The van der Waals surface area contributed by atoms with Crippen LogP contribution in [0.5, 0.6) is 11.5 Å². The molecule has 3 heterocycles. The molecule has 0 atom stereocenters. The third-order valence-corrected chi connectivity index (χ3v) is 4.48. The molecule has 0 spiro atoms. The Labute approximate surface area is 159 Å². The second-order valence-electron chi connectivity index (χ2n) is 6.22. The molecule has 0 saturated carbocycles. The summed E-state index contributed by atoms with van der Waals surface area (Å²) in [6.07, 6.45) is 3.44. The number of fused-ring (bicyclic) bond motifs is 2. The topological polar surface area (TPSA) is 104 Å². The number of nitrogens with one attached hydrogen (secondary N) is 3. The first kappa shape index (κ1) is 16.1. The van der Waals surface area contributed by atoms with Crippen LogP contribution >= 0.6 is 0 Å². The minimum atomic E-state index is -0.379. The molecule has 1 aliphatic heterocycles. The van der Waals surface area contributed by atoms with Crippen molar-refractivity contribution in [3.05, 3.63) is 66.0 Å². The van der Waals surface area contributed by atoms with Crippen LogP contribution in [0, 0.1) is 0 Å². The first-order valence-corrected chi connectivity index (χ1v) is 8.63. The van der Waals surface area contributed by atoms with E-state index in [0.717, 1.165) is 22.0 Å². The molecule has 0 bridgehead atoms. The lowest BCUT2D eigenvalue weighted by Gasteiger charge is -1.99. The fraction of sp³-hybridized carbons (Fsp3) is 0.0500. The van der Waals surface area contributed by atoms with E-state index >= 15 is 0 Å². The second kappa shape index (κ2) is 6.58. The lowest BCUT2D eigenvalue weighted by Crippen LogP contribution is -2.17. The summed E-state index contributed by atoms with van der Waals surface area (Å²) >= 11 is 0. The monoisotopic (exact) mass is 373 g/mol. The molecular weight excluding hydrogens is 358 g/mol. The number of hydrogen-bond donors (Lipinski definition) is 3. The number of hydrazone groups is 1. The Morgan fingerprint density at radius 3 is 3.00 bits per heavy atom. The van der Waals surface area contributed by atoms with Crippen molar-refractivity contribution in [1.82, 2.24) is 20.6 Å². The van der Waals surface area contributed by atoms with Gasteiger partial charge in [0.25, 0.3) is 5.91 Å². The van der Waals surface area contributed by atoms with Crippen LogP contribution in [0.3, 0.4) is 0 Å². The van der Waals surface area contributed by atoms with Gasteiger partial charge in [-0.25, -0.2) is 5.43 Å². The summed E-state index contributed by atoms with van der Waals surface area (Å²) in [4.78, 5) is 15.5. The summed E-state index contributed by atoms with van der Waals surface area (Å²) < 4.78 is 10.7. The second-order valence-corrected chi connectivity index (χ2v) is 6.22. The van der Waals surface area contributed by atoms with Gasteiger partial charge in [0.2, 0.25) is 6.79 Å². The van der Waals surface area contributed by atoms with Gasteiger partial charge in [0.05, 0.1) is 11.9 Å². The van der Waals surface area contributed by atoms with Crippen LogP contribution in [0.25, 0.3) is 22.2 Å². The molecule has 0 aliphatic carbocycles. The highest BCUT2D eigenvalue weighted by Gasteiger charge is 2.16. The van der Waals surface area contributed by atoms with Gasteiger partial charge in [-0.05, 0) is 30.3 Å². The van der Waals surface area contributed by atoms with E-state index in [-0.39, 0.29) is 12.7 Å². The molecule has 2 aromatic carbocycles. The molecule has 2 aromatic heterocycles. The first-order valence-electron chi connectivity index (χ1n) is 8.63. The van der Waals surface area contributed by atoms with Crippen LogP contribution in [0.4, 0.5) is 0 Å². The smallest absolute Gasteiger partial charge is 0.289 e. The molecule has 5 rings (SSSR count). The molecule has 0 radical (unpaired) electrons. The Morgan fingerprint density at radius 2 is 2.04 bits per heavy atom. The molecular formula is C20H15N5O3. The molecule has 4 aromatic rings. The van der Waals surface area contributed by atoms with Crippen molar-refractivity contribution in [1.29, 1.82) is 0 Å². The van der Waals surface area contributed by atoms with Crippen molar-refractivity contribution in [3.8, 4) is 22.8 Å². The van der Waals surface area contributed by atoms with Crippen LogP contribution in [0.15, 0.2) is 59.8 Å². The highest BCUT2D eigenvalue weighted by molar-refractivity contribution is 6.00. The van der Waals surface area contributed by atoms with Gasteiger partial charge in [-0.1, -0.05) is 18.2 Å². The maximum absolute atomic E-state index is 12.3. The third kappa shape index (κ3) is 2.86. The Kier molecular flexibility index (Phi) is 3.79. The number of nitrogens with zero attached hydrogens (tertiary/aromatic N) is 2. The van der Waals surface area contributed by atoms with E-state index < -0.39 is 0 Å². The van der Waals surface area contributed by atoms with Crippen molar-refractivity contribution in [2.75, 3.05) is 6.79 Å². The number of carbonyl (C=O) groups excluding carboxylic acids is 1. The normalized spacial score (nSPS) is 12.7. The van der Waals surface area contributed by atoms with E-state index in [1.807, 2.05) is 48.7 Å². The Morgan fingerprint density at radius 1 is 1.14 bits per heavy atom. The fourth-order valence-electron chi connectivity index (χ4n) is 3.06. The number of aromatic amines is 2. The Hall–Kier alpha value is -4.07. The standard InChI is InChI=1S/C20H15N5O3/c26-20(25-22-10-13-9-21-15-4-2-1-3-14(13)15)17-8-16(23-24-17)12-5-6-18-19(7-12)28-11-27-18/h1-10,21H,11H2,(H,23,24)(H,25,26). The zero-order valence-corrected chi connectivity index (χ0v) is 14.6. The fourth-order valence-corrected chi connectivity index (χ4v) is 3.06. The van der Waals surface area contributed by atoms with E-state index in [1.54, 1.807) is 12.3 Å². The molecule has 3 N–H and O–H groups in total. The maximum atomic E-state index is 12.3. The quantitative estimate of drug-likeness (QED) is 0.378. The van der Waals surface area contributed by atoms with Crippen molar-refractivity contribution in [2.45, 2.75) is 0 Å². The Bertz CT molecular complexity index is 1210. The highest BCUT2D eigenvalue weighted by Crippen LogP contribution is 2.35. The van der Waals surface area contributed by atoms with Gasteiger partial charge in [0.15, 0.2) is 11.5 Å². The van der Waals surface area contributed by atoms with E-state index in [4.69, 9.17) is 9.47 Å². The van der Waals surface area contributed by atoms with Gasteiger partial charge in [0.1, 0.15) is 5.69 Å². The molecule has 0 fully saturated rings. The third-order valence-electron chi connectivity index (χ3n) is 4.48. The number of rotatable bonds is 4. The minimum Gasteiger partial charge on any atom is -0.454 e. The lowest BCUT2D eigenvalue weighted by molar-refractivity contribution is 0.0950. The molecule has 1 amide bonds. The van der Waals surface area contributed by atoms with Crippen LogP contribution in [0.2, 0.25) is 0 Å². The van der Waals surface area contributed by atoms with Crippen LogP contribution in [0.1, 0.15) is 16.1 Å². The summed E-state index contributed by atoms with van der Waals surface area (Å²) in [7, 11) is 0. The average molecular weight is 373 g/mol. The van der Waals surface area contributed by atoms with Crippen molar-refractivity contribution in [2.24, 2.45) is 5.10 Å². The zero-order valence-electron chi connectivity index (χ0n) is 14.6. The summed E-state index contributed by atoms with van der Waals surface area (Å²) in [5.74, 6) is 0.981. The summed E-state index contributed by atoms with van der Waals surface area (Å²) in [5.41, 5.74) is 6.17. The Balaban J connectivity index is 1.30. The van der Waals surface area contributed by atoms with E-state index in [2.05, 4.69) is 25.7 Å². The number of aromatic nitrogens is 3. The van der Waals surface area contributed by atoms with Gasteiger partial charge < -0.3 is 14.5 Å². The first-order chi connectivity index (χ1) is 13.8. The molecule has 1 aliphatic rings. The molecule has 28 heavy (non-hydrogen) atoms. The van der Waals surface area contributed by atoms with Gasteiger partial charge in [0, 0.05) is 28.2 Å². The number of benzene rings is 2. The van der Waals surface area contributed by atoms with Crippen LogP contribution in [-0.2, 0) is 0 Å². The maximum Gasteiger partial charge on any atom is 0.289 e. The van der Waals surface area contributed by atoms with Gasteiger partial charge >= 0.3 is 0 Å². The summed E-state index contributed by atoms with van der Waals surface area (Å²) in [6.45, 7) is 0.210. The lowest BCUT2D eigenvalue weighted by atomic mass is 10.1. The zero-order chi connectivity index (χ0) is 18.9. The number of ether oxygens (including phenoxy) is 2. The number of H-pyrrole nitrogens is 2. The van der Waals surface area contributed by atoms with Gasteiger partial charge in [-0.2, -0.15) is 10.2 Å². The largest absolute Gasteiger partial charge is 0.454 e. The number of carbonyl (C=O) groups is 1. The van der Waals surface area contributed by atoms with Crippen molar-refractivity contribution < 1.29 is 14.3 Å². The average Bonchev–Trinajstić information content (AvgIpc) is 3.46. The number of amides is 1. The molecule has 0 unspecified atom stereocenters. The summed E-state index contributed by atoms with van der Waals surface area (Å²) in [6, 6.07) is 15.0. The van der Waals surface area contributed by atoms with E-state index in [0.29, 0.717) is 22.9 Å². The van der Waals surface area contributed by atoms with Crippen molar-refractivity contribution >= 4 is 23.0 Å². The van der Waals surface area contributed by atoms with Crippen molar-refractivity contribution in [3.63, 3.8) is 0 Å². The van der Waals surface area contributed by atoms with Crippen LogP contribution < -0.4 is 14.9 Å². The van der Waals surface area contributed by atoms with E-state index in [9.17, 15) is 4.79 Å². The summed E-state index contributed by atoms with van der Waals surface area (Å²) in [5, 5.41) is 12.0. The van der Waals surface area contributed by atoms with E-state index in [1.165, 1.54) is 0 Å². The molecule has 138 valence electrons. The predicted octanol–water partition coefficient (Wildman–Crippen LogP) is 3.05.